The second-order valence-corrected chi connectivity index (χ2v) is 9.07. The van der Waals surface area contributed by atoms with E-state index in [1.165, 1.54) is 0 Å². The van der Waals surface area contributed by atoms with Gasteiger partial charge in [-0.2, -0.15) is 0 Å². The molecule has 1 aromatic rings. The summed E-state index contributed by atoms with van der Waals surface area (Å²) in [5.41, 5.74) is 12.5. The summed E-state index contributed by atoms with van der Waals surface area (Å²) in [7, 11) is 0. The number of rotatable bonds is 17. The van der Waals surface area contributed by atoms with Gasteiger partial charge < -0.3 is 21.5 Å². The maximum atomic E-state index is 12.7. The molecule has 34 heavy (non-hydrogen) atoms. The van der Waals surface area contributed by atoms with Gasteiger partial charge in [0.2, 0.25) is 11.8 Å². The standard InChI is InChI=1S/C25H43N5O4/c1-4-14-28-30-22(31)13-9-6-10-15-27-24(33)21(16-18(2)3)29-25(34)23(32)20(26)17-19-11-7-5-8-12-19/h5,7-8,11-12,18,20-21,23,28,32H,4,6,9-10,13-17,26H2,1-3H3,(H,27,33)(H,29,34)(H,30,31)/t20-,21+,23+/m1/s1. The molecule has 3 atom stereocenters. The number of amides is 3. The Bertz CT molecular complexity index is 729. The third-order valence-corrected chi connectivity index (χ3v) is 5.31. The number of aliphatic hydroxyl groups is 1. The van der Waals surface area contributed by atoms with Gasteiger partial charge in [-0.3, -0.25) is 19.8 Å². The van der Waals surface area contributed by atoms with Gasteiger partial charge in [0.25, 0.3) is 5.91 Å². The van der Waals surface area contributed by atoms with Crippen molar-refractivity contribution >= 4 is 17.7 Å². The van der Waals surface area contributed by atoms with E-state index < -0.39 is 24.1 Å². The molecule has 0 spiro atoms. The summed E-state index contributed by atoms with van der Waals surface area (Å²) in [4.78, 5) is 36.9. The van der Waals surface area contributed by atoms with Crippen molar-refractivity contribution in [2.45, 2.75) is 83.9 Å². The summed E-state index contributed by atoms with van der Waals surface area (Å²) in [5.74, 6) is -0.799. The first kappa shape index (κ1) is 29.5. The van der Waals surface area contributed by atoms with Crippen LogP contribution in [0, 0.1) is 5.92 Å². The number of unbranched alkanes of at least 4 members (excludes halogenated alkanes) is 2. The van der Waals surface area contributed by atoms with Crippen LogP contribution in [-0.4, -0.2) is 54.1 Å². The van der Waals surface area contributed by atoms with E-state index in [9.17, 15) is 19.5 Å². The fraction of sp³-hybridized carbons (Fsp3) is 0.640. The largest absolute Gasteiger partial charge is 0.382 e. The summed E-state index contributed by atoms with van der Waals surface area (Å²) >= 11 is 0. The number of hydrazine groups is 1. The molecule has 0 fully saturated rings. The van der Waals surface area contributed by atoms with E-state index in [2.05, 4.69) is 21.5 Å². The first-order valence-electron chi connectivity index (χ1n) is 12.3. The second-order valence-electron chi connectivity index (χ2n) is 9.07. The molecular weight excluding hydrogens is 434 g/mol. The third kappa shape index (κ3) is 12.7. The van der Waals surface area contributed by atoms with Gasteiger partial charge in [0.15, 0.2) is 0 Å². The summed E-state index contributed by atoms with van der Waals surface area (Å²) in [6, 6.07) is 7.87. The average Bonchev–Trinajstić information content (AvgIpc) is 2.80. The first-order valence-corrected chi connectivity index (χ1v) is 12.3. The Morgan fingerprint density at radius 3 is 2.35 bits per heavy atom. The molecule has 0 aliphatic rings. The van der Waals surface area contributed by atoms with E-state index in [0.717, 1.165) is 37.8 Å². The van der Waals surface area contributed by atoms with E-state index in [1.54, 1.807) is 0 Å². The molecule has 7 N–H and O–H groups in total. The Labute approximate surface area is 203 Å². The van der Waals surface area contributed by atoms with Gasteiger partial charge in [0.05, 0.1) is 0 Å². The molecular formula is C25H43N5O4. The smallest absolute Gasteiger partial charge is 0.251 e. The van der Waals surface area contributed by atoms with Crippen molar-refractivity contribution < 1.29 is 19.5 Å². The molecule has 0 heterocycles. The number of hydrogen-bond donors (Lipinski definition) is 6. The molecule has 0 unspecified atom stereocenters. The first-order chi connectivity index (χ1) is 16.2. The van der Waals surface area contributed by atoms with Crippen molar-refractivity contribution in [1.29, 1.82) is 0 Å². The van der Waals surface area contributed by atoms with E-state index in [-0.39, 0.29) is 17.7 Å². The normalized spacial score (nSPS) is 13.7. The molecule has 0 aliphatic heterocycles. The molecule has 192 valence electrons. The molecule has 0 aliphatic carbocycles. The molecule has 0 saturated carbocycles. The number of aliphatic hydroxyl groups excluding tert-OH is 1. The minimum Gasteiger partial charge on any atom is -0.382 e. The lowest BCUT2D eigenvalue weighted by Gasteiger charge is -2.24. The quantitative estimate of drug-likeness (QED) is 0.147. The van der Waals surface area contributed by atoms with Crippen molar-refractivity contribution in [3.05, 3.63) is 35.9 Å². The van der Waals surface area contributed by atoms with Gasteiger partial charge in [0, 0.05) is 25.6 Å². The molecule has 0 radical (unpaired) electrons. The van der Waals surface area contributed by atoms with Crippen LogP contribution < -0.4 is 27.2 Å². The Morgan fingerprint density at radius 1 is 1.00 bits per heavy atom. The Kier molecular flexibility index (Phi) is 14.8. The number of carbonyl (C=O) groups is 3. The van der Waals surface area contributed by atoms with Gasteiger partial charge in [-0.15, -0.1) is 0 Å². The molecule has 0 aromatic heterocycles. The lowest BCUT2D eigenvalue weighted by atomic mass is 9.99. The number of carbonyl (C=O) groups excluding carboxylic acids is 3. The fourth-order valence-corrected chi connectivity index (χ4v) is 3.42. The van der Waals surface area contributed by atoms with E-state index >= 15 is 0 Å². The average molecular weight is 478 g/mol. The second kappa shape index (κ2) is 17.0. The van der Waals surface area contributed by atoms with Crippen molar-refractivity contribution in [2.24, 2.45) is 11.7 Å². The van der Waals surface area contributed by atoms with Crippen LogP contribution in [0.5, 0.6) is 0 Å². The highest BCUT2D eigenvalue weighted by Gasteiger charge is 2.28. The summed E-state index contributed by atoms with van der Waals surface area (Å²) < 4.78 is 0. The van der Waals surface area contributed by atoms with Crippen LogP contribution in [0.25, 0.3) is 0 Å². The van der Waals surface area contributed by atoms with Gasteiger partial charge >= 0.3 is 0 Å². The number of hydrogen-bond acceptors (Lipinski definition) is 6. The number of benzene rings is 1. The third-order valence-electron chi connectivity index (χ3n) is 5.31. The van der Waals surface area contributed by atoms with Crippen LogP contribution in [0.1, 0.15) is 64.9 Å². The number of nitrogens with two attached hydrogens (primary N) is 1. The molecule has 1 aromatic carbocycles. The van der Waals surface area contributed by atoms with E-state index in [4.69, 9.17) is 5.73 Å². The molecule has 3 amide bonds. The Morgan fingerprint density at radius 2 is 1.71 bits per heavy atom. The zero-order valence-corrected chi connectivity index (χ0v) is 20.8. The van der Waals surface area contributed by atoms with Crippen LogP contribution in [0.4, 0.5) is 0 Å². The van der Waals surface area contributed by atoms with Gasteiger partial charge in [-0.05, 0) is 43.6 Å². The lowest BCUT2D eigenvalue weighted by molar-refractivity contribution is -0.135. The molecule has 9 nitrogen and oxygen atoms in total. The zero-order chi connectivity index (χ0) is 25.3. The van der Waals surface area contributed by atoms with Crippen molar-refractivity contribution in [2.75, 3.05) is 13.1 Å². The van der Waals surface area contributed by atoms with E-state index in [1.807, 2.05) is 51.1 Å². The summed E-state index contributed by atoms with van der Waals surface area (Å²) in [6.07, 6.45) is 3.01. The summed E-state index contributed by atoms with van der Waals surface area (Å²) in [5, 5.41) is 15.9. The van der Waals surface area contributed by atoms with E-state index in [0.29, 0.717) is 25.8 Å². The fourth-order valence-electron chi connectivity index (χ4n) is 3.42. The summed E-state index contributed by atoms with van der Waals surface area (Å²) in [6.45, 7) is 7.14. The molecule has 0 bridgehead atoms. The maximum Gasteiger partial charge on any atom is 0.251 e. The topological polar surface area (TPSA) is 146 Å². The van der Waals surface area contributed by atoms with Gasteiger partial charge in [0.1, 0.15) is 12.1 Å². The van der Waals surface area contributed by atoms with Crippen molar-refractivity contribution in [3.8, 4) is 0 Å². The number of nitrogens with one attached hydrogen (secondary N) is 4. The van der Waals surface area contributed by atoms with Crippen LogP contribution >= 0.6 is 0 Å². The van der Waals surface area contributed by atoms with Gasteiger partial charge in [-0.1, -0.05) is 57.5 Å². The van der Waals surface area contributed by atoms with Crippen LogP contribution in [0.2, 0.25) is 0 Å². The van der Waals surface area contributed by atoms with Crippen molar-refractivity contribution in [1.82, 2.24) is 21.5 Å². The predicted molar refractivity (Wildman–Crippen MR) is 133 cm³/mol. The zero-order valence-electron chi connectivity index (χ0n) is 20.8. The SMILES string of the molecule is CCCNNC(=O)CCCCCNC(=O)[C@H](CC(C)C)NC(=O)[C@@H](O)[C@H](N)Cc1ccccc1. The predicted octanol–water partition coefficient (Wildman–Crippen LogP) is 1.16. The molecule has 9 heteroatoms. The van der Waals surface area contributed by atoms with Crippen LogP contribution in [0.15, 0.2) is 30.3 Å². The minimum absolute atomic E-state index is 0.0405. The molecule has 0 saturated heterocycles. The lowest BCUT2D eigenvalue weighted by Crippen LogP contribution is -2.54. The van der Waals surface area contributed by atoms with Gasteiger partial charge in [-0.25, -0.2) is 5.43 Å². The minimum atomic E-state index is -1.42. The highest BCUT2D eigenvalue weighted by atomic mass is 16.3. The highest BCUT2D eigenvalue weighted by molar-refractivity contribution is 5.89. The maximum absolute atomic E-state index is 12.7. The Balaban J connectivity index is 2.41. The van der Waals surface area contributed by atoms with Crippen molar-refractivity contribution in [3.63, 3.8) is 0 Å². The van der Waals surface area contributed by atoms with Crippen LogP contribution in [0.3, 0.4) is 0 Å². The molecule has 1 rings (SSSR count). The monoisotopic (exact) mass is 477 g/mol. The Hall–Kier alpha value is -2.49. The highest BCUT2D eigenvalue weighted by Crippen LogP contribution is 2.08. The van der Waals surface area contributed by atoms with Crippen LogP contribution in [-0.2, 0) is 20.8 Å².